The molecule has 1 fully saturated rings. The number of piperidine rings is 1. The van der Waals surface area contributed by atoms with Gasteiger partial charge in [-0.2, -0.15) is 0 Å². The summed E-state index contributed by atoms with van der Waals surface area (Å²) in [6, 6.07) is 10.1. The second kappa shape index (κ2) is 6.73. The lowest BCUT2D eigenvalue weighted by atomic mass is 9.92. The van der Waals surface area contributed by atoms with Gasteiger partial charge >= 0.3 is 0 Å². The maximum Gasteiger partial charge on any atom is 0.260 e. The zero-order valence-corrected chi connectivity index (χ0v) is 15.5. The van der Waals surface area contributed by atoms with Gasteiger partial charge in [0.05, 0.1) is 18.5 Å². The van der Waals surface area contributed by atoms with E-state index in [4.69, 9.17) is 4.98 Å². The van der Waals surface area contributed by atoms with E-state index < -0.39 is 0 Å². The summed E-state index contributed by atoms with van der Waals surface area (Å²) in [7, 11) is 0. The Morgan fingerprint density at radius 2 is 1.92 bits per heavy atom. The fourth-order valence-electron chi connectivity index (χ4n) is 4.21. The van der Waals surface area contributed by atoms with Crippen molar-refractivity contribution in [3.8, 4) is 11.1 Å². The number of likely N-dealkylation sites (tertiary alicyclic amines) is 1. The number of quaternary nitrogens is 1. The maximum atomic E-state index is 12.7. The SMILES string of the molecule is C[C@@H]1C[C@@H](C)C[NH+](Cc2nc3scc(-c4ccccc4)c3c(=O)[nH]2)C1. The molecule has 1 aliphatic heterocycles. The highest BCUT2D eigenvalue weighted by Crippen LogP contribution is 2.30. The van der Waals surface area contributed by atoms with Gasteiger partial charge in [0.1, 0.15) is 11.4 Å². The Hall–Kier alpha value is -1.98. The largest absolute Gasteiger partial charge is 0.328 e. The first-order valence-electron chi connectivity index (χ1n) is 8.99. The highest BCUT2D eigenvalue weighted by Gasteiger charge is 2.26. The van der Waals surface area contributed by atoms with E-state index in [0.29, 0.717) is 0 Å². The van der Waals surface area contributed by atoms with E-state index in [1.54, 1.807) is 11.3 Å². The number of H-pyrrole nitrogens is 1. The zero-order valence-electron chi connectivity index (χ0n) is 14.7. The summed E-state index contributed by atoms with van der Waals surface area (Å²) < 4.78 is 0. The number of hydrogen-bond acceptors (Lipinski definition) is 3. The lowest BCUT2D eigenvalue weighted by Crippen LogP contribution is -3.13. The molecule has 25 heavy (non-hydrogen) atoms. The van der Waals surface area contributed by atoms with Gasteiger partial charge in [-0.3, -0.25) is 4.79 Å². The number of hydrogen-bond donors (Lipinski definition) is 2. The van der Waals surface area contributed by atoms with E-state index in [9.17, 15) is 4.79 Å². The number of aromatic amines is 1. The fraction of sp³-hybridized carbons (Fsp3) is 0.400. The van der Waals surface area contributed by atoms with Crippen LogP contribution in [0.5, 0.6) is 0 Å². The molecular formula is C20H24N3OS+. The van der Waals surface area contributed by atoms with Gasteiger partial charge in [-0.05, 0) is 12.0 Å². The number of thiophene rings is 1. The molecule has 0 bridgehead atoms. The summed E-state index contributed by atoms with van der Waals surface area (Å²) >= 11 is 1.56. The molecule has 0 spiro atoms. The van der Waals surface area contributed by atoms with Gasteiger partial charge in [-0.1, -0.05) is 44.2 Å². The lowest BCUT2D eigenvalue weighted by Gasteiger charge is -2.31. The fourth-order valence-corrected chi connectivity index (χ4v) is 5.18. The standard InChI is InChI=1S/C20H23N3OS/c1-13-8-14(2)10-23(9-13)11-17-21-19(24)18-16(12-25-20(18)22-17)15-6-4-3-5-7-15/h3-7,12-14H,8-11H2,1-2H3,(H,21,22,24)/p+1/t13-,14-/m1/s1. The molecule has 4 rings (SSSR count). The molecule has 1 saturated heterocycles. The molecule has 0 aliphatic carbocycles. The van der Waals surface area contributed by atoms with Crippen molar-refractivity contribution in [3.05, 3.63) is 51.9 Å². The third-order valence-electron chi connectivity index (χ3n) is 5.07. The van der Waals surface area contributed by atoms with Crippen molar-refractivity contribution >= 4 is 21.6 Å². The molecule has 1 aliphatic rings. The smallest absolute Gasteiger partial charge is 0.260 e. The van der Waals surface area contributed by atoms with Crippen LogP contribution in [0.2, 0.25) is 0 Å². The number of fused-ring (bicyclic) bond motifs is 1. The predicted molar refractivity (Wildman–Crippen MR) is 103 cm³/mol. The molecule has 0 radical (unpaired) electrons. The summed E-state index contributed by atoms with van der Waals surface area (Å²) in [5, 5.41) is 2.76. The molecule has 130 valence electrons. The zero-order chi connectivity index (χ0) is 17.4. The van der Waals surface area contributed by atoms with Gasteiger partial charge in [0.25, 0.3) is 5.56 Å². The predicted octanol–water partition coefficient (Wildman–Crippen LogP) is 2.71. The van der Waals surface area contributed by atoms with Crippen molar-refractivity contribution in [1.82, 2.24) is 9.97 Å². The van der Waals surface area contributed by atoms with Crippen LogP contribution in [0.4, 0.5) is 0 Å². The van der Waals surface area contributed by atoms with E-state index in [2.05, 4.69) is 18.8 Å². The number of rotatable bonds is 3. The second-order valence-electron chi connectivity index (χ2n) is 7.49. The molecule has 5 heteroatoms. The van der Waals surface area contributed by atoms with E-state index in [-0.39, 0.29) is 5.56 Å². The molecule has 1 aromatic carbocycles. The minimum Gasteiger partial charge on any atom is -0.328 e. The monoisotopic (exact) mass is 354 g/mol. The van der Waals surface area contributed by atoms with Crippen LogP contribution in [0, 0.1) is 11.8 Å². The third kappa shape index (κ3) is 3.39. The molecule has 2 aromatic heterocycles. The first-order valence-corrected chi connectivity index (χ1v) is 9.87. The van der Waals surface area contributed by atoms with E-state index in [0.717, 1.165) is 58.6 Å². The Labute approximate surface area is 151 Å². The van der Waals surface area contributed by atoms with Crippen LogP contribution >= 0.6 is 11.3 Å². The highest BCUT2D eigenvalue weighted by atomic mass is 32.1. The Balaban J connectivity index is 1.66. The summed E-state index contributed by atoms with van der Waals surface area (Å²) in [5.74, 6) is 2.29. The summed E-state index contributed by atoms with van der Waals surface area (Å²) in [6.45, 7) is 7.76. The van der Waals surface area contributed by atoms with Crippen LogP contribution in [0.3, 0.4) is 0 Å². The first-order chi connectivity index (χ1) is 12.1. The average Bonchev–Trinajstić information content (AvgIpc) is 2.99. The van der Waals surface area contributed by atoms with Gasteiger partial charge < -0.3 is 9.88 Å². The van der Waals surface area contributed by atoms with Crippen LogP contribution in [-0.2, 0) is 6.54 Å². The number of aromatic nitrogens is 2. The number of nitrogens with one attached hydrogen (secondary N) is 2. The molecule has 0 amide bonds. The Morgan fingerprint density at radius 1 is 1.20 bits per heavy atom. The summed E-state index contributed by atoms with van der Waals surface area (Å²) in [6.07, 6.45) is 1.30. The number of nitrogens with zero attached hydrogens (tertiary/aromatic N) is 1. The Bertz CT molecular complexity index is 921. The van der Waals surface area contributed by atoms with Crippen molar-refractivity contribution in [3.63, 3.8) is 0 Å². The van der Waals surface area contributed by atoms with Crippen molar-refractivity contribution in [1.29, 1.82) is 0 Å². The quantitative estimate of drug-likeness (QED) is 0.760. The molecule has 2 N–H and O–H groups in total. The molecule has 3 heterocycles. The molecule has 3 aromatic rings. The minimum atomic E-state index is -0.0161. The normalized spacial score (nSPS) is 23.8. The van der Waals surface area contributed by atoms with E-state index in [1.807, 2.05) is 35.7 Å². The molecule has 0 saturated carbocycles. The molecular weight excluding hydrogens is 330 g/mol. The average molecular weight is 354 g/mol. The van der Waals surface area contributed by atoms with Gasteiger partial charge in [0, 0.05) is 22.8 Å². The van der Waals surface area contributed by atoms with Crippen LogP contribution < -0.4 is 10.5 Å². The van der Waals surface area contributed by atoms with Crippen molar-refractivity contribution < 1.29 is 4.90 Å². The topological polar surface area (TPSA) is 50.2 Å². The van der Waals surface area contributed by atoms with E-state index >= 15 is 0 Å². The highest BCUT2D eigenvalue weighted by molar-refractivity contribution is 7.17. The maximum absolute atomic E-state index is 12.7. The van der Waals surface area contributed by atoms with Gasteiger partial charge in [0.15, 0.2) is 5.82 Å². The van der Waals surface area contributed by atoms with Crippen molar-refractivity contribution in [2.24, 2.45) is 11.8 Å². The Morgan fingerprint density at radius 3 is 2.64 bits per heavy atom. The van der Waals surface area contributed by atoms with Crippen LogP contribution in [0.25, 0.3) is 21.3 Å². The molecule has 4 nitrogen and oxygen atoms in total. The van der Waals surface area contributed by atoms with Crippen LogP contribution in [0.15, 0.2) is 40.5 Å². The lowest BCUT2D eigenvalue weighted by molar-refractivity contribution is -0.926. The Kier molecular flexibility index (Phi) is 4.44. The van der Waals surface area contributed by atoms with Crippen LogP contribution in [-0.4, -0.2) is 23.1 Å². The number of benzene rings is 1. The first kappa shape index (κ1) is 16.5. The summed E-state index contributed by atoms with van der Waals surface area (Å²) in [5.41, 5.74) is 2.03. The van der Waals surface area contributed by atoms with Crippen LogP contribution in [0.1, 0.15) is 26.1 Å². The minimum absolute atomic E-state index is 0.0161. The van der Waals surface area contributed by atoms with Gasteiger partial charge in [-0.25, -0.2) is 4.98 Å². The van der Waals surface area contributed by atoms with Crippen molar-refractivity contribution in [2.45, 2.75) is 26.8 Å². The third-order valence-corrected chi connectivity index (χ3v) is 5.95. The summed E-state index contributed by atoms with van der Waals surface area (Å²) in [4.78, 5) is 22.9. The second-order valence-corrected chi connectivity index (χ2v) is 8.35. The van der Waals surface area contributed by atoms with E-state index in [1.165, 1.54) is 11.3 Å². The molecule has 0 unspecified atom stereocenters. The van der Waals surface area contributed by atoms with Gasteiger partial charge in [-0.15, -0.1) is 11.3 Å². The van der Waals surface area contributed by atoms with Gasteiger partial charge in [0.2, 0.25) is 0 Å². The van der Waals surface area contributed by atoms with Crippen molar-refractivity contribution in [2.75, 3.05) is 13.1 Å². The molecule has 2 atom stereocenters.